The minimum Gasteiger partial charge on any atom is -0.378 e. The van der Waals surface area contributed by atoms with Gasteiger partial charge in [-0.05, 0) is 6.07 Å². The lowest BCUT2D eigenvalue weighted by Crippen LogP contribution is -2.80. The molecule has 4 rings (SSSR count). The number of ether oxygens (including phenoxy) is 1. The summed E-state index contributed by atoms with van der Waals surface area (Å²) in [6.07, 6.45) is 0. The summed E-state index contributed by atoms with van der Waals surface area (Å²) in [6, 6.07) is 7.25. The largest absolute Gasteiger partial charge is 0.378 e. The van der Waals surface area contributed by atoms with Crippen LogP contribution in [-0.4, -0.2) is 78.1 Å². The van der Waals surface area contributed by atoms with Crippen molar-refractivity contribution < 1.29 is 13.9 Å². The molecule has 0 aliphatic carbocycles. The molecule has 1 atom stereocenters. The quantitative estimate of drug-likeness (QED) is 0.807. The molecule has 1 aromatic carbocycles. The molecule has 0 saturated carbocycles. The maximum absolute atomic E-state index is 13.9. The van der Waals surface area contributed by atoms with Crippen molar-refractivity contribution in [3.8, 4) is 0 Å². The van der Waals surface area contributed by atoms with Gasteiger partial charge < -0.3 is 9.64 Å². The van der Waals surface area contributed by atoms with Gasteiger partial charge in [0.15, 0.2) is 0 Å². The van der Waals surface area contributed by atoms with Crippen molar-refractivity contribution in [1.29, 1.82) is 0 Å². The van der Waals surface area contributed by atoms with Gasteiger partial charge in [-0.1, -0.05) is 18.2 Å². The van der Waals surface area contributed by atoms with Crippen LogP contribution in [0.1, 0.15) is 12.5 Å². The van der Waals surface area contributed by atoms with Gasteiger partial charge in [-0.3, -0.25) is 14.6 Å². The standard InChI is InChI=1S/C18H24FN3O2/c1-14(23)21-9-16-10-24-7-6-22(16)18(13-21)11-20(12-18)8-15-4-2-3-5-17(15)19/h2-5,16H,6-13H2,1H3. The molecule has 0 radical (unpaired) electrons. The molecule has 1 amide bonds. The van der Waals surface area contributed by atoms with Gasteiger partial charge in [0.05, 0.1) is 24.8 Å². The summed E-state index contributed by atoms with van der Waals surface area (Å²) in [5.74, 6) is -0.0103. The molecule has 3 saturated heterocycles. The second-order valence-corrected chi connectivity index (χ2v) is 7.28. The molecular weight excluding hydrogens is 309 g/mol. The number of hydrogen-bond donors (Lipinski definition) is 0. The average Bonchev–Trinajstić information content (AvgIpc) is 2.55. The molecule has 1 aromatic rings. The van der Waals surface area contributed by atoms with E-state index in [4.69, 9.17) is 4.74 Å². The fraction of sp³-hybridized carbons (Fsp3) is 0.611. The number of rotatable bonds is 2. The van der Waals surface area contributed by atoms with Crippen LogP contribution < -0.4 is 0 Å². The predicted octanol–water partition coefficient (Wildman–Crippen LogP) is 0.943. The minimum atomic E-state index is -0.142. The van der Waals surface area contributed by atoms with Crippen LogP contribution in [0.5, 0.6) is 0 Å². The Morgan fingerprint density at radius 1 is 1.33 bits per heavy atom. The average molecular weight is 333 g/mol. The second-order valence-electron chi connectivity index (χ2n) is 7.28. The molecule has 24 heavy (non-hydrogen) atoms. The van der Waals surface area contributed by atoms with Crippen LogP contribution in [0.25, 0.3) is 0 Å². The smallest absolute Gasteiger partial charge is 0.219 e. The van der Waals surface area contributed by atoms with Gasteiger partial charge in [0, 0.05) is 51.8 Å². The Morgan fingerprint density at radius 2 is 2.12 bits per heavy atom. The Labute approximate surface area is 142 Å². The van der Waals surface area contributed by atoms with E-state index >= 15 is 0 Å². The molecule has 0 aromatic heterocycles. The van der Waals surface area contributed by atoms with Crippen LogP contribution in [0.15, 0.2) is 24.3 Å². The van der Waals surface area contributed by atoms with E-state index in [-0.39, 0.29) is 23.3 Å². The summed E-state index contributed by atoms with van der Waals surface area (Å²) < 4.78 is 19.5. The first-order chi connectivity index (χ1) is 11.6. The number of hydrogen-bond acceptors (Lipinski definition) is 4. The summed E-state index contributed by atoms with van der Waals surface area (Å²) >= 11 is 0. The van der Waals surface area contributed by atoms with Crippen LogP contribution in [-0.2, 0) is 16.1 Å². The summed E-state index contributed by atoms with van der Waals surface area (Å²) in [5, 5.41) is 0. The zero-order chi connectivity index (χ0) is 16.7. The summed E-state index contributed by atoms with van der Waals surface area (Å²) in [6.45, 7) is 7.92. The molecule has 1 unspecified atom stereocenters. The molecule has 3 heterocycles. The number of nitrogens with zero attached hydrogens (tertiary/aromatic N) is 3. The first-order valence-electron chi connectivity index (χ1n) is 8.63. The van der Waals surface area contributed by atoms with Crippen molar-refractivity contribution in [3.63, 3.8) is 0 Å². The molecule has 3 aliphatic heterocycles. The van der Waals surface area contributed by atoms with Gasteiger partial charge in [0.2, 0.25) is 5.91 Å². The van der Waals surface area contributed by atoms with E-state index in [2.05, 4.69) is 9.80 Å². The summed E-state index contributed by atoms with van der Waals surface area (Å²) in [5.41, 5.74) is 0.744. The fourth-order valence-corrected chi connectivity index (χ4v) is 4.48. The number of halogens is 1. The van der Waals surface area contributed by atoms with Gasteiger partial charge in [0.1, 0.15) is 5.82 Å². The Hall–Kier alpha value is -1.50. The molecule has 5 nitrogen and oxygen atoms in total. The lowest BCUT2D eigenvalue weighted by molar-refractivity contribution is -0.175. The molecular formula is C18H24FN3O2. The van der Waals surface area contributed by atoms with Crippen molar-refractivity contribution in [3.05, 3.63) is 35.6 Å². The third kappa shape index (κ3) is 2.72. The first-order valence-corrected chi connectivity index (χ1v) is 8.63. The highest BCUT2D eigenvalue weighted by atomic mass is 19.1. The Kier molecular flexibility index (Phi) is 4.06. The van der Waals surface area contributed by atoms with E-state index in [9.17, 15) is 9.18 Å². The van der Waals surface area contributed by atoms with Crippen molar-refractivity contribution >= 4 is 5.91 Å². The lowest BCUT2D eigenvalue weighted by atomic mass is 9.82. The Bertz CT molecular complexity index is 632. The second kappa shape index (κ2) is 6.10. The van der Waals surface area contributed by atoms with Crippen LogP contribution in [0.3, 0.4) is 0 Å². The number of amides is 1. The van der Waals surface area contributed by atoms with Crippen molar-refractivity contribution in [2.24, 2.45) is 0 Å². The van der Waals surface area contributed by atoms with Gasteiger partial charge in [-0.25, -0.2) is 4.39 Å². The van der Waals surface area contributed by atoms with E-state index in [1.807, 2.05) is 17.0 Å². The number of carbonyl (C=O) groups excluding carboxylic acids is 1. The monoisotopic (exact) mass is 333 g/mol. The maximum atomic E-state index is 13.9. The third-order valence-corrected chi connectivity index (χ3v) is 5.59. The molecule has 3 aliphatic rings. The maximum Gasteiger partial charge on any atom is 0.219 e. The number of morpholine rings is 1. The van der Waals surface area contributed by atoms with Crippen molar-refractivity contribution in [1.82, 2.24) is 14.7 Å². The zero-order valence-corrected chi connectivity index (χ0v) is 14.1. The number of carbonyl (C=O) groups is 1. The van der Waals surface area contributed by atoms with Gasteiger partial charge in [-0.2, -0.15) is 0 Å². The third-order valence-electron chi connectivity index (χ3n) is 5.59. The highest BCUT2D eigenvalue weighted by molar-refractivity contribution is 5.73. The van der Waals surface area contributed by atoms with E-state index in [1.54, 1.807) is 13.0 Å². The Morgan fingerprint density at radius 3 is 2.88 bits per heavy atom. The topological polar surface area (TPSA) is 36.0 Å². The van der Waals surface area contributed by atoms with Gasteiger partial charge in [0.25, 0.3) is 0 Å². The Balaban J connectivity index is 1.48. The number of piperazine rings is 1. The summed E-state index contributed by atoms with van der Waals surface area (Å²) in [4.78, 5) is 18.7. The summed E-state index contributed by atoms with van der Waals surface area (Å²) in [7, 11) is 0. The van der Waals surface area contributed by atoms with Gasteiger partial charge in [-0.15, -0.1) is 0 Å². The molecule has 0 bridgehead atoms. The molecule has 1 spiro atoms. The van der Waals surface area contributed by atoms with Crippen LogP contribution in [0, 0.1) is 5.82 Å². The van der Waals surface area contributed by atoms with Crippen LogP contribution in [0.4, 0.5) is 4.39 Å². The predicted molar refractivity (Wildman–Crippen MR) is 88.0 cm³/mol. The van der Waals surface area contributed by atoms with E-state index < -0.39 is 0 Å². The van der Waals surface area contributed by atoms with Crippen molar-refractivity contribution in [2.75, 3.05) is 45.9 Å². The molecule has 130 valence electrons. The highest BCUT2D eigenvalue weighted by Gasteiger charge is 2.54. The van der Waals surface area contributed by atoms with E-state index in [0.717, 1.165) is 44.9 Å². The van der Waals surface area contributed by atoms with E-state index in [0.29, 0.717) is 13.2 Å². The normalized spacial score (nSPS) is 26.9. The van der Waals surface area contributed by atoms with Crippen LogP contribution >= 0.6 is 0 Å². The SMILES string of the molecule is CC(=O)N1CC2COCCN2C2(CN(Cc3ccccc3F)C2)C1. The molecule has 6 heteroatoms. The van der Waals surface area contributed by atoms with E-state index in [1.165, 1.54) is 6.07 Å². The van der Waals surface area contributed by atoms with Gasteiger partial charge >= 0.3 is 0 Å². The van der Waals surface area contributed by atoms with Crippen molar-refractivity contribution in [2.45, 2.75) is 25.0 Å². The number of likely N-dealkylation sites (tertiary alicyclic amines) is 1. The lowest BCUT2D eigenvalue weighted by Gasteiger charge is -2.63. The minimum absolute atomic E-state index is 0.00359. The number of benzene rings is 1. The number of fused-ring (bicyclic) bond motifs is 2. The molecule has 3 fully saturated rings. The van der Waals surface area contributed by atoms with Crippen LogP contribution in [0.2, 0.25) is 0 Å². The first kappa shape index (κ1) is 16.0. The fourth-order valence-electron chi connectivity index (χ4n) is 4.48. The highest BCUT2D eigenvalue weighted by Crippen LogP contribution is 2.36. The molecule has 0 N–H and O–H groups in total. The zero-order valence-electron chi connectivity index (χ0n) is 14.1.